The molecule has 0 saturated carbocycles. The summed E-state index contributed by atoms with van der Waals surface area (Å²) in [5.41, 5.74) is 1.37. The number of H-pyrrole nitrogens is 1. The number of carbonyl (C=O) groups is 1. The zero-order valence-electron chi connectivity index (χ0n) is 19.1. The fourth-order valence-corrected chi connectivity index (χ4v) is 3.50. The van der Waals surface area contributed by atoms with E-state index in [4.69, 9.17) is 9.26 Å². The van der Waals surface area contributed by atoms with Crippen LogP contribution in [-0.2, 0) is 17.8 Å². The Bertz CT molecular complexity index is 1320. The molecule has 34 heavy (non-hydrogen) atoms. The number of rotatable bonds is 10. The van der Waals surface area contributed by atoms with Gasteiger partial charge in [0.2, 0.25) is 17.6 Å². The molecule has 2 aromatic carbocycles. The fourth-order valence-electron chi connectivity index (χ4n) is 3.50. The lowest BCUT2D eigenvalue weighted by Gasteiger charge is -2.17. The van der Waals surface area contributed by atoms with Gasteiger partial charge in [0, 0.05) is 50.5 Å². The predicted octanol–water partition coefficient (Wildman–Crippen LogP) is 2.16. The van der Waals surface area contributed by atoms with E-state index < -0.39 is 0 Å². The highest BCUT2D eigenvalue weighted by Crippen LogP contribution is 2.20. The molecule has 0 aliphatic heterocycles. The van der Waals surface area contributed by atoms with Gasteiger partial charge in [-0.1, -0.05) is 23.4 Å². The zero-order chi connectivity index (χ0) is 23.9. The Balaban J connectivity index is 1.22. The maximum Gasteiger partial charge on any atom is 0.272 e. The molecule has 4 rings (SSSR count). The van der Waals surface area contributed by atoms with E-state index in [-0.39, 0.29) is 17.9 Å². The Hall–Kier alpha value is -4.05. The number of amides is 1. The number of likely N-dealkylation sites (N-methyl/N-ethyl adjacent to an activating group) is 1. The number of aryl methyl sites for hydroxylation is 1. The number of hydrogen-bond acceptors (Lipinski definition) is 8. The highest BCUT2D eigenvalue weighted by Gasteiger charge is 2.13. The fraction of sp³-hybridized carbons (Fsp3) is 0.292. The van der Waals surface area contributed by atoms with Crippen molar-refractivity contribution >= 4 is 16.7 Å². The second kappa shape index (κ2) is 10.7. The Kier molecular flexibility index (Phi) is 7.28. The lowest BCUT2D eigenvalue weighted by Crippen LogP contribution is -2.34. The average Bonchev–Trinajstić information content (AvgIpc) is 3.35. The number of ether oxygens (including phenoxy) is 1. The van der Waals surface area contributed by atoms with Gasteiger partial charge < -0.3 is 19.5 Å². The first kappa shape index (κ1) is 23.1. The molecular formula is C24H26N6O4. The van der Waals surface area contributed by atoms with E-state index in [0.29, 0.717) is 43.2 Å². The summed E-state index contributed by atoms with van der Waals surface area (Å²) in [6.45, 7) is 1.59. The number of aromatic amines is 1. The van der Waals surface area contributed by atoms with Crippen LogP contribution in [0.1, 0.15) is 18.0 Å². The van der Waals surface area contributed by atoms with Crippen molar-refractivity contribution in [1.29, 1.82) is 0 Å². The van der Waals surface area contributed by atoms with Crippen LogP contribution in [0.3, 0.4) is 0 Å². The monoisotopic (exact) mass is 462 g/mol. The van der Waals surface area contributed by atoms with Crippen LogP contribution in [0.15, 0.2) is 57.8 Å². The van der Waals surface area contributed by atoms with Crippen LogP contribution in [0.5, 0.6) is 5.75 Å². The molecule has 0 fully saturated rings. The van der Waals surface area contributed by atoms with Crippen molar-refractivity contribution in [2.45, 2.75) is 19.4 Å². The van der Waals surface area contributed by atoms with Crippen LogP contribution in [0.25, 0.3) is 22.2 Å². The van der Waals surface area contributed by atoms with Gasteiger partial charge in [0.1, 0.15) is 5.75 Å². The zero-order valence-corrected chi connectivity index (χ0v) is 19.1. The standard InChI is InChI=1S/C24H26N6O4/c1-30(14-13-25-15-20-18-5-3-4-6-19(18)24(32)28-27-20)22(31)12-11-21-26-23(29-34-21)16-7-9-17(33-2)10-8-16/h3-10,25H,11-15H2,1-2H3,(H,28,32). The Morgan fingerprint density at radius 1 is 1.15 bits per heavy atom. The smallest absolute Gasteiger partial charge is 0.272 e. The van der Waals surface area contributed by atoms with Crippen LogP contribution in [0.2, 0.25) is 0 Å². The minimum absolute atomic E-state index is 0.0152. The highest BCUT2D eigenvalue weighted by atomic mass is 16.5. The average molecular weight is 463 g/mol. The van der Waals surface area contributed by atoms with Gasteiger partial charge >= 0.3 is 0 Å². The molecule has 0 bridgehead atoms. The Morgan fingerprint density at radius 3 is 2.68 bits per heavy atom. The maximum absolute atomic E-state index is 12.5. The quantitative estimate of drug-likeness (QED) is 0.343. The number of fused-ring (bicyclic) bond motifs is 1. The van der Waals surface area contributed by atoms with Crippen LogP contribution < -0.4 is 15.6 Å². The largest absolute Gasteiger partial charge is 0.497 e. The van der Waals surface area contributed by atoms with Crippen molar-refractivity contribution < 1.29 is 14.1 Å². The second-order valence-corrected chi connectivity index (χ2v) is 7.78. The van der Waals surface area contributed by atoms with Crippen LogP contribution >= 0.6 is 0 Å². The molecule has 1 amide bonds. The third kappa shape index (κ3) is 5.46. The van der Waals surface area contributed by atoms with Crippen molar-refractivity contribution in [3.63, 3.8) is 0 Å². The molecule has 10 heteroatoms. The summed E-state index contributed by atoms with van der Waals surface area (Å²) in [4.78, 5) is 30.4. The second-order valence-electron chi connectivity index (χ2n) is 7.78. The molecule has 0 aliphatic rings. The van der Waals surface area contributed by atoms with Crippen LogP contribution in [-0.4, -0.2) is 58.4 Å². The van der Waals surface area contributed by atoms with Gasteiger partial charge in [-0.3, -0.25) is 9.59 Å². The third-order valence-corrected chi connectivity index (χ3v) is 5.49. The van der Waals surface area contributed by atoms with Gasteiger partial charge in [-0.15, -0.1) is 0 Å². The first-order chi connectivity index (χ1) is 16.5. The number of aromatic nitrogens is 4. The van der Waals surface area contributed by atoms with Crippen LogP contribution in [0, 0.1) is 0 Å². The molecule has 0 unspecified atom stereocenters. The SMILES string of the molecule is COc1ccc(-c2noc(CCC(=O)N(C)CCNCc3n[nH]c(=O)c4ccccc34)n2)cc1. The van der Waals surface area contributed by atoms with E-state index >= 15 is 0 Å². The molecular weight excluding hydrogens is 436 g/mol. The van der Waals surface area contributed by atoms with E-state index in [0.717, 1.165) is 22.4 Å². The summed E-state index contributed by atoms with van der Waals surface area (Å²) in [5.74, 6) is 1.63. The summed E-state index contributed by atoms with van der Waals surface area (Å²) in [6.07, 6.45) is 0.639. The number of nitrogens with zero attached hydrogens (tertiary/aromatic N) is 4. The summed E-state index contributed by atoms with van der Waals surface area (Å²) in [7, 11) is 3.37. The minimum Gasteiger partial charge on any atom is -0.497 e. The highest BCUT2D eigenvalue weighted by molar-refractivity contribution is 5.83. The number of benzene rings is 2. The first-order valence-corrected chi connectivity index (χ1v) is 10.9. The number of methoxy groups -OCH3 is 1. The minimum atomic E-state index is -0.206. The molecule has 4 aromatic rings. The predicted molar refractivity (Wildman–Crippen MR) is 126 cm³/mol. The van der Waals surface area contributed by atoms with E-state index in [1.165, 1.54) is 0 Å². The summed E-state index contributed by atoms with van der Waals surface area (Å²) >= 11 is 0. The number of nitrogens with one attached hydrogen (secondary N) is 2. The third-order valence-electron chi connectivity index (χ3n) is 5.49. The van der Waals surface area contributed by atoms with Gasteiger partial charge in [0.05, 0.1) is 18.2 Å². The summed E-state index contributed by atoms with van der Waals surface area (Å²) < 4.78 is 10.4. The molecule has 0 radical (unpaired) electrons. The molecule has 176 valence electrons. The van der Waals surface area contributed by atoms with E-state index in [1.807, 2.05) is 42.5 Å². The maximum atomic E-state index is 12.5. The Labute approximate surface area is 195 Å². The molecule has 2 N–H and O–H groups in total. The molecule has 0 spiro atoms. The number of hydrogen-bond donors (Lipinski definition) is 2. The van der Waals surface area contributed by atoms with Gasteiger partial charge in [0.15, 0.2) is 0 Å². The van der Waals surface area contributed by atoms with Crippen molar-refractivity contribution in [3.05, 3.63) is 70.5 Å². The molecule has 2 heterocycles. The van der Waals surface area contributed by atoms with E-state index in [2.05, 4.69) is 25.7 Å². The molecule has 0 aliphatic carbocycles. The van der Waals surface area contributed by atoms with Crippen LogP contribution in [0.4, 0.5) is 0 Å². The van der Waals surface area contributed by atoms with Crippen molar-refractivity contribution in [1.82, 2.24) is 30.6 Å². The lowest BCUT2D eigenvalue weighted by atomic mass is 10.1. The lowest BCUT2D eigenvalue weighted by molar-refractivity contribution is -0.129. The molecule has 2 aromatic heterocycles. The van der Waals surface area contributed by atoms with Gasteiger partial charge in [-0.25, -0.2) is 5.10 Å². The van der Waals surface area contributed by atoms with Crippen molar-refractivity contribution in [2.75, 3.05) is 27.2 Å². The number of carbonyl (C=O) groups excluding carboxylic acids is 1. The summed E-state index contributed by atoms with van der Waals surface area (Å²) in [5, 5.41) is 15.4. The molecule has 0 saturated heterocycles. The van der Waals surface area contributed by atoms with Gasteiger partial charge in [-0.2, -0.15) is 10.1 Å². The van der Waals surface area contributed by atoms with Crippen molar-refractivity contribution in [3.8, 4) is 17.1 Å². The van der Waals surface area contributed by atoms with E-state index in [1.54, 1.807) is 25.1 Å². The summed E-state index contributed by atoms with van der Waals surface area (Å²) in [6, 6.07) is 14.7. The normalized spacial score (nSPS) is 11.0. The molecule has 0 atom stereocenters. The topological polar surface area (TPSA) is 126 Å². The van der Waals surface area contributed by atoms with E-state index in [9.17, 15) is 9.59 Å². The van der Waals surface area contributed by atoms with Gasteiger partial charge in [-0.05, 0) is 30.3 Å². The van der Waals surface area contributed by atoms with Gasteiger partial charge in [0.25, 0.3) is 5.56 Å². The Morgan fingerprint density at radius 2 is 1.91 bits per heavy atom. The molecule has 10 nitrogen and oxygen atoms in total. The first-order valence-electron chi connectivity index (χ1n) is 10.9. The van der Waals surface area contributed by atoms with Crippen molar-refractivity contribution in [2.24, 2.45) is 0 Å².